The molecule has 132 valence electrons. The Labute approximate surface area is 136 Å². The van der Waals surface area contributed by atoms with E-state index in [9.17, 15) is 14.4 Å². The van der Waals surface area contributed by atoms with Crippen molar-refractivity contribution in [2.75, 3.05) is 40.0 Å². The van der Waals surface area contributed by atoms with Crippen LogP contribution in [-0.4, -0.2) is 79.4 Å². The molecule has 1 unspecified atom stereocenters. The van der Waals surface area contributed by atoms with Crippen molar-refractivity contribution in [2.45, 2.75) is 39.3 Å². The summed E-state index contributed by atoms with van der Waals surface area (Å²) < 4.78 is 15.2. The Hall–Kier alpha value is -1.83. The van der Waals surface area contributed by atoms with Gasteiger partial charge in [0.2, 0.25) is 5.91 Å². The van der Waals surface area contributed by atoms with Gasteiger partial charge >= 0.3 is 12.1 Å². The number of amides is 2. The molecule has 1 rings (SSSR count). The van der Waals surface area contributed by atoms with Gasteiger partial charge in [-0.3, -0.25) is 9.69 Å². The molecule has 1 heterocycles. The quantitative estimate of drug-likeness (QED) is 0.703. The molecule has 8 heteroatoms. The number of hydrogen-bond donors (Lipinski definition) is 0. The van der Waals surface area contributed by atoms with E-state index in [2.05, 4.69) is 0 Å². The van der Waals surface area contributed by atoms with Crippen LogP contribution in [0.1, 0.15) is 27.7 Å². The molecule has 0 radical (unpaired) electrons. The number of methoxy groups -OCH3 is 1. The monoisotopic (exact) mass is 330 g/mol. The summed E-state index contributed by atoms with van der Waals surface area (Å²) in [7, 11) is 1.25. The van der Waals surface area contributed by atoms with Gasteiger partial charge in [0.15, 0.2) is 6.04 Å². The third kappa shape index (κ3) is 5.70. The first-order chi connectivity index (χ1) is 10.7. The van der Waals surface area contributed by atoms with Crippen molar-refractivity contribution in [3.05, 3.63) is 0 Å². The summed E-state index contributed by atoms with van der Waals surface area (Å²) in [5.74, 6) is -0.797. The normalized spacial score (nSPS) is 18.6. The first-order valence-corrected chi connectivity index (χ1v) is 7.62. The van der Waals surface area contributed by atoms with E-state index in [1.165, 1.54) is 16.9 Å². The fourth-order valence-corrected chi connectivity index (χ4v) is 2.17. The lowest BCUT2D eigenvalue weighted by Crippen LogP contribution is -2.60. The lowest BCUT2D eigenvalue weighted by Gasteiger charge is -2.40. The Morgan fingerprint density at radius 2 is 1.83 bits per heavy atom. The molecule has 0 N–H and O–H groups in total. The molecule has 1 fully saturated rings. The van der Waals surface area contributed by atoms with Crippen LogP contribution >= 0.6 is 0 Å². The van der Waals surface area contributed by atoms with Crippen LogP contribution in [0.2, 0.25) is 0 Å². The van der Waals surface area contributed by atoms with Gasteiger partial charge in [-0.25, -0.2) is 9.59 Å². The van der Waals surface area contributed by atoms with Crippen molar-refractivity contribution in [3.8, 4) is 0 Å². The first kappa shape index (κ1) is 19.2. The van der Waals surface area contributed by atoms with Gasteiger partial charge in [0.05, 0.1) is 13.7 Å². The van der Waals surface area contributed by atoms with Crippen molar-refractivity contribution >= 4 is 18.0 Å². The molecule has 0 aromatic rings. The summed E-state index contributed by atoms with van der Waals surface area (Å²) in [6.45, 7) is 8.02. The van der Waals surface area contributed by atoms with E-state index in [1.807, 2.05) is 0 Å². The fourth-order valence-electron chi connectivity index (χ4n) is 2.17. The number of carbonyl (C=O) groups excluding carboxylic acids is 3. The molecule has 1 saturated heterocycles. The van der Waals surface area contributed by atoms with Crippen molar-refractivity contribution in [3.63, 3.8) is 0 Å². The van der Waals surface area contributed by atoms with Crippen LogP contribution in [0, 0.1) is 0 Å². The zero-order valence-electron chi connectivity index (χ0n) is 14.5. The van der Waals surface area contributed by atoms with Gasteiger partial charge < -0.3 is 19.1 Å². The number of hydrogen-bond acceptors (Lipinski definition) is 6. The van der Waals surface area contributed by atoms with Crippen LogP contribution in [0.15, 0.2) is 0 Å². The number of nitrogens with zero attached hydrogens (tertiary/aromatic N) is 2. The average Bonchev–Trinajstić information content (AvgIpc) is 2.49. The molecule has 0 aromatic carbocycles. The zero-order chi connectivity index (χ0) is 17.6. The van der Waals surface area contributed by atoms with Crippen molar-refractivity contribution in [2.24, 2.45) is 0 Å². The topological polar surface area (TPSA) is 85.4 Å². The van der Waals surface area contributed by atoms with Gasteiger partial charge in [-0.05, 0) is 27.7 Å². The van der Waals surface area contributed by atoms with Crippen molar-refractivity contribution < 1.29 is 28.6 Å². The van der Waals surface area contributed by atoms with Gasteiger partial charge in [0.25, 0.3) is 0 Å². The molecule has 1 atom stereocenters. The highest BCUT2D eigenvalue weighted by molar-refractivity contribution is 5.84. The van der Waals surface area contributed by atoms with Gasteiger partial charge in [-0.1, -0.05) is 0 Å². The molecular weight excluding hydrogens is 304 g/mol. The lowest BCUT2D eigenvalue weighted by atomic mass is 10.1. The number of ether oxygens (including phenoxy) is 3. The smallest absolute Gasteiger partial charge is 0.411 e. The van der Waals surface area contributed by atoms with E-state index in [4.69, 9.17) is 14.2 Å². The van der Waals surface area contributed by atoms with Crippen LogP contribution in [0.25, 0.3) is 0 Å². The molecule has 0 spiro atoms. The number of piperazine rings is 1. The maximum Gasteiger partial charge on any atom is 0.411 e. The lowest BCUT2D eigenvalue weighted by molar-refractivity contribution is -0.152. The molecule has 8 nitrogen and oxygen atoms in total. The highest BCUT2D eigenvalue weighted by atomic mass is 16.6. The molecule has 0 bridgehead atoms. The van der Waals surface area contributed by atoms with E-state index in [1.54, 1.807) is 27.7 Å². The van der Waals surface area contributed by atoms with Gasteiger partial charge in [0, 0.05) is 19.7 Å². The second-order valence-corrected chi connectivity index (χ2v) is 6.19. The van der Waals surface area contributed by atoms with Gasteiger partial charge in [-0.2, -0.15) is 0 Å². The van der Waals surface area contributed by atoms with E-state index >= 15 is 0 Å². The summed E-state index contributed by atoms with van der Waals surface area (Å²) in [4.78, 5) is 39.1. The number of esters is 1. The molecule has 1 aliphatic rings. The average molecular weight is 330 g/mol. The Kier molecular flexibility index (Phi) is 6.80. The summed E-state index contributed by atoms with van der Waals surface area (Å²) in [5.41, 5.74) is -0.667. The molecule has 1 aliphatic heterocycles. The zero-order valence-corrected chi connectivity index (χ0v) is 14.5. The predicted octanol–water partition coefficient (Wildman–Crippen LogP) is 0.644. The van der Waals surface area contributed by atoms with Crippen LogP contribution in [0.5, 0.6) is 0 Å². The van der Waals surface area contributed by atoms with Crippen LogP contribution in [0.4, 0.5) is 4.79 Å². The minimum Gasteiger partial charge on any atom is -0.467 e. The maximum absolute atomic E-state index is 12.3. The minimum atomic E-state index is -0.880. The fraction of sp³-hybridized carbons (Fsp3) is 0.800. The third-order valence-electron chi connectivity index (χ3n) is 3.26. The summed E-state index contributed by atoms with van der Waals surface area (Å²) in [5, 5.41) is 0. The Morgan fingerprint density at radius 1 is 1.17 bits per heavy atom. The number of carbonyl (C=O) groups is 3. The van der Waals surface area contributed by atoms with E-state index in [0.717, 1.165) is 0 Å². The highest BCUT2D eigenvalue weighted by Crippen LogP contribution is 2.17. The maximum atomic E-state index is 12.3. The van der Waals surface area contributed by atoms with E-state index in [-0.39, 0.29) is 25.6 Å². The predicted molar refractivity (Wildman–Crippen MR) is 81.8 cm³/mol. The summed E-state index contributed by atoms with van der Waals surface area (Å²) in [6.07, 6.45) is -0.593. The standard InChI is InChI=1S/C15H26N2O6/c1-6-22-10-12(18)16-7-8-17(11(9-16)13(19)21-5)14(20)23-15(2,3)4/h11H,6-10H2,1-5H3. The van der Waals surface area contributed by atoms with E-state index < -0.39 is 23.7 Å². The molecule has 0 aromatic heterocycles. The molecular formula is C15H26N2O6. The molecule has 0 saturated carbocycles. The highest BCUT2D eigenvalue weighted by Gasteiger charge is 2.39. The van der Waals surface area contributed by atoms with Gasteiger partial charge in [0.1, 0.15) is 12.2 Å². The van der Waals surface area contributed by atoms with Crippen LogP contribution < -0.4 is 0 Å². The van der Waals surface area contributed by atoms with Crippen LogP contribution in [-0.2, 0) is 23.8 Å². The summed E-state index contributed by atoms with van der Waals surface area (Å²) >= 11 is 0. The van der Waals surface area contributed by atoms with Crippen molar-refractivity contribution in [1.29, 1.82) is 0 Å². The number of rotatable bonds is 4. The van der Waals surface area contributed by atoms with Crippen molar-refractivity contribution in [1.82, 2.24) is 9.80 Å². The van der Waals surface area contributed by atoms with E-state index in [0.29, 0.717) is 13.2 Å². The Balaban J connectivity index is 2.80. The SMILES string of the molecule is CCOCC(=O)N1CCN(C(=O)OC(C)(C)C)C(C(=O)OC)C1. The first-order valence-electron chi connectivity index (χ1n) is 7.62. The molecule has 0 aliphatic carbocycles. The van der Waals surface area contributed by atoms with Gasteiger partial charge in [-0.15, -0.1) is 0 Å². The second kappa shape index (κ2) is 8.14. The Morgan fingerprint density at radius 3 is 2.35 bits per heavy atom. The third-order valence-corrected chi connectivity index (χ3v) is 3.26. The Bertz CT molecular complexity index is 446. The van der Waals surface area contributed by atoms with Crippen LogP contribution in [0.3, 0.4) is 0 Å². The second-order valence-electron chi connectivity index (χ2n) is 6.19. The largest absolute Gasteiger partial charge is 0.467 e. The molecule has 2 amide bonds. The summed E-state index contributed by atoms with van der Waals surface area (Å²) in [6, 6.07) is -0.880. The molecule has 23 heavy (non-hydrogen) atoms. The minimum absolute atomic E-state index is 0.0448.